The molecule has 0 aliphatic heterocycles. The SMILES string of the molecule is CCCCCCCC/C(=C\OS(=O)(=O)c1ccc(C)cc1)[Se]c1ccccc1. The Morgan fingerprint density at radius 1 is 0.929 bits per heavy atom. The molecular weight excluding hydrogens is 435 g/mol. The van der Waals surface area contributed by atoms with Crippen LogP contribution < -0.4 is 4.46 Å². The van der Waals surface area contributed by atoms with Gasteiger partial charge in [-0.1, -0.05) is 0 Å². The van der Waals surface area contributed by atoms with E-state index in [1.54, 1.807) is 24.3 Å². The van der Waals surface area contributed by atoms with E-state index in [1.165, 1.54) is 42.8 Å². The topological polar surface area (TPSA) is 43.4 Å². The van der Waals surface area contributed by atoms with E-state index in [0.717, 1.165) is 22.9 Å². The minimum atomic E-state index is -3.77. The molecule has 2 aromatic carbocycles. The van der Waals surface area contributed by atoms with E-state index in [4.69, 9.17) is 4.18 Å². The monoisotopic (exact) mass is 466 g/mol. The van der Waals surface area contributed by atoms with Crippen LogP contribution in [0.4, 0.5) is 0 Å². The molecule has 28 heavy (non-hydrogen) atoms. The fourth-order valence-corrected chi connectivity index (χ4v) is 5.66. The predicted octanol–water partition coefficient (Wildman–Crippen LogP) is 5.32. The quantitative estimate of drug-likeness (QED) is 0.184. The summed E-state index contributed by atoms with van der Waals surface area (Å²) in [5.74, 6) is 0. The van der Waals surface area contributed by atoms with Crippen LogP contribution in [0.1, 0.15) is 57.4 Å². The summed E-state index contributed by atoms with van der Waals surface area (Å²) < 4.78 is 32.6. The summed E-state index contributed by atoms with van der Waals surface area (Å²) in [5, 5.41) is 0. The van der Waals surface area contributed by atoms with E-state index in [1.807, 2.05) is 25.1 Å². The molecule has 0 aliphatic carbocycles. The predicted molar refractivity (Wildman–Crippen MR) is 117 cm³/mol. The summed E-state index contributed by atoms with van der Waals surface area (Å²) >= 11 is 0.0630. The Morgan fingerprint density at radius 3 is 2.25 bits per heavy atom. The fourth-order valence-electron chi connectivity index (χ4n) is 2.73. The third-order valence-electron chi connectivity index (χ3n) is 4.38. The van der Waals surface area contributed by atoms with Gasteiger partial charge in [-0.25, -0.2) is 0 Å². The van der Waals surface area contributed by atoms with Gasteiger partial charge in [-0.3, -0.25) is 0 Å². The number of aryl methyl sites for hydroxylation is 1. The van der Waals surface area contributed by atoms with Gasteiger partial charge in [-0.15, -0.1) is 0 Å². The summed E-state index contributed by atoms with van der Waals surface area (Å²) in [6.45, 7) is 4.15. The second-order valence-electron chi connectivity index (χ2n) is 6.88. The van der Waals surface area contributed by atoms with Crippen LogP contribution >= 0.6 is 0 Å². The van der Waals surface area contributed by atoms with Crippen LogP contribution in [0.15, 0.2) is 70.2 Å². The van der Waals surface area contributed by atoms with Gasteiger partial charge in [-0.05, 0) is 0 Å². The van der Waals surface area contributed by atoms with Gasteiger partial charge in [0, 0.05) is 0 Å². The van der Waals surface area contributed by atoms with Crippen LogP contribution in [0.25, 0.3) is 0 Å². The molecule has 2 aromatic rings. The Kier molecular flexibility index (Phi) is 9.83. The second-order valence-corrected chi connectivity index (χ2v) is 11.0. The molecule has 0 spiro atoms. The zero-order valence-corrected chi connectivity index (χ0v) is 19.3. The van der Waals surface area contributed by atoms with Gasteiger partial charge in [0.05, 0.1) is 0 Å². The zero-order valence-electron chi connectivity index (χ0n) is 16.8. The first-order valence-electron chi connectivity index (χ1n) is 9.93. The molecule has 0 bridgehead atoms. The number of rotatable bonds is 12. The van der Waals surface area contributed by atoms with Gasteiger partial charge < -0.3 is 0 Å². The Labute approximate surface area is 176 Å². The van der Waals surface area contributed by atoms with E-state index in [0.29, 0.717) is 0 Å². The second kappa shape index (κ2) is 12.1. The molecule has 0 atom stereocenters. The van der Waals surface area contributed by atoms with Crippen LogP contribution in [-0.2, 0) is 14.3 Å². The van der Waals surface area contributed by atoms with Gasteiger partial charge in [0.2, 0.25) is 0 Å². The summed E-state index contributed by atoms with van der Waals surface area (Å²) in [6.07, 6.45) is 9.64. The number of hydrogen-bond acceptors (Lipinski definition) is 3. The van der Waals surface area contributed by atoms with Gasteiger partial charge in [-0.2, -0.15) is 0 Å². The van der Waals surface area contributed by atoms with Gasteiger partial charge in [0.1, 0.15) is 0 Å². The van der Waals surface area contributed by atoms with Crippen molar-refractivity contribution in [2.45, 2.75) is 63.7 Å². The average molecular weight is 466 g/mol. The van der Waals surface area contributed by atoms with Crippen molar-refractivity contribution in [2.75, 3.05) is 0 Å². The maximum absolute atomic E-state index is 12.5. The molecule has 0 radical (unpaired) electrons. The van der Waals surface area contributed by atoms with Gasteiger partial charge in [0.25, 0.3) is 0 Å². The van der Waals surface area contributed by atoms with Crippen LogP contribution in [0.2, 0.25) is 0 Å². The maximum atomic E-state index is 12.5. The third-order valence-corrected chi connectivity index (χ3v) is 7.83. The molecule has 0 fully saturated rings. The van der Waals surface area contributed by atoms with Crippen LogP contribution in [0.3, 0.4) is 0 Å². The molecule has 0 aromatic heterocycles. The fraction of sp³-hybridized carbons (Fsp3) is 0.391. The normalized spacial score (nSPS) is 12.1. The van der Waals surface area contributed by atoms with Crippen molar-refractivity contribution in [3.63, 3.8) is 0 Å². The van der Waals surface area contributed by atoms with Crippen molar-refractivity contribution in [2.24, 2.45) is 0 Å². The van der Waals surface area contributed by atoms with Gasteiger partial charge in [0.15, 0.2) is 0 Å². The molecular formula is C23H30O3SSe. The van der Waals surface area contributed by atoms with E-state index >= 15 is 0 Å². The Balaban J connectivity index is 2.03. The first-order chi connectivity index (χ1) is 13.5. The van der Waals surface area contributed by atoms with Crippen molar-refractivity contribution in [1.29, 1.82) is 0 Å². The molecule has 0 saturated carbocycles. The van der Waals surface area contributed by atoms with Crippen molar-refractivity contribution < 1.29 is 12.6 Å². The summed E-state index contributed by atoms with van der Waals surface area (Å²) in [7, 11) is -3.77. The number of hydrogen-bond donors (Lipinski definition) is 0. The van der Waals surface area contributed by atoms with Gasteiger partial charge >= 0.3 is 177 Å². The zero-order chi connectivity index (χ0) is 20.2. The minimum absolute atomic E-state index is 0.0630. The third kappa shape index (κ3) is 8.22. The molecule has 0 amide bonds. The number of unbranched alkanes of at least 4 members (excludes halogenated alkanes) is 5. The molecule has 0 saturated heterocycles. The standard InChI is InChI=1S/C23H30O3SSe/c1-3-4-5-6-7-9-14-23(28-22-12-10-8-11-13-22)19-26-27(24,25)21-17-15-20(2)16-18-21/h8,10-13,15-19H,3-7,9,14H2,1-2H3/b23-19+. The van der Waals surface area contributed by atoms with Crippen molar-refractivity contribution >= 4 is 29.5 Å². The average Bonchev–Trinajstić information content (AvgIpc) is 2.69. The Hall–Kier alpha value is -1.55. The molecule has 0 N–H and O–H groups in total. The Morgan fingerprint density at radius 2 is 1.57 bits per heavy atom. The van der Waals surface area contributed by atoms with Crippen LogP contribution in [-0.4, -0.2) is 23.4 Å². The Bertz CT molecular complexity index is 828. The number of allylic oxidation sites excluding steroid dienone is 1. The van der Waals surface area contributed by atoms with E-state index in [-0.39, 0.29) is 19.9 Å². The van der Waals surface area contributed by atoms with Crippen LogP contribution in [0.5, 0.6) is 0 Å². The van der Waals surface area contributed by atoms with Crippen LogP contribution in [0, 0.1) is 6.92 Å². The molecule has 0 unspecified atom stereocenters. The van der Waals surface area contributed by atoms with E-state index < -0.39 is 10.1 Å². The molecule has 3 nitrogen and oxygen atoms in total. The molecule has 5 heteroatoms. The van der Waals surface area contributed by atoms with Crippen molar-refractivity contribution in [1.82, 2.24) is 0 Å². The summed E-state index contributed by atoms with van der Waals surface area (Å²) in [5.41, 5.74) is 1.02. The molecule has 2 rings (SSSR count). The number of benzene rings is 2. The van der Waals surface area contributed by atoms with Crippen molar-refractivity contribution in [3.8, 4) is 0 Å². The van der Waals surface area contributed by atoms with E-state index in [2.05, 4.69) is 19.1 Å². The molecule has 0 aliphatic rings. The summed E-state index contributed by atoms with van der Waals surface area (Å²) in [4.78, 5) is 0.195. The first-order valence-corrected chi connectivity index (χ1v) is 13.1. The first kappa shape index (κ1) is 22.7. The molecule has 0 heterocycles. The van der Waals surface area contributed by atoms with E-state index in [9.17, 15) is 8.42 Å². The van der Waals surface area contributed by atoms with Crippen molar-refractivity contribution in [3.05, 3.63) is 70.9 Å². The summed E-state index contributed by atoms with van der Waals surface area (Å²) in [6, 6.07) is 17.0. The molecule has 152 valence electrons.